The average molecular weight is 208 g/mol. The summed E-state index contributed by atoms with van der Waals surface area (Å²) in [6, 6.07) is 3.31. The summed E-state index contributed by atoms with van der Waals surface area (Å²) in [4.78, 5) is 0. The standard InChI is InChI=1S/C6H8O2S3/c1-5(9)11(7,8)6-3-2-4-10-6/h2-5,9H,1H3. The third kappa shape index (κ3) is 1.77. The first kappa shape index (κ1) is 9.09. The SMILES string of the molecule is CC(S)S(=O)(=O)c1cccs1. The molecule has 0 aliphatic heterocycles. The third-order valence-electron chi connectivity index (χ3n) is 1.22. The predicted molar refractivity (Wildman–Crippen MR) is 50.0 cm³/mol. The van der Waals surface area contributed by atoms with Crippen LogP contribution in [0.15, 0.2) is 21.7 Å². The van der Waals surface area contributed by atoms with E-state index in [0.717, 1.165) is 0 Å². The zero-order chi connectivity index (χ0) is 8.48. The zero-order valence-corrected chi connectivity index (χ0v) is 8.42. The second-order valence-electron chi connectivity index (χ2n) is 2.08. The quantitative estimate of drug-likeness (QED) is 0.752. The number of rotatable bonds is 2. The number of hydrogen-bond acceptors (Lipinski definition) is 4. The molecule has 1 rings (SSSR count). The lowest BCUT2D eigenvalue weighted by atomic mass is 10.7. The summed E-state index contributed by atoms with van der Waals surface area (Å²) in [6.45, 7) is 1.55. The average Bonchev–Trinajstić information content (AvgIpc) is 2.37. The molecule has 0 fully saturated rings. The summed E-state index contributed by atoms with van der Waals surface area (Å²) in [5.41, 5.74) is 0. The molecule has 0 amide bonds. The maximum absolute atomic E-state index is 11.3. The molecule has 0 spiro atoms. The van der Waals surface area contributed by atoms with Crippen LogP contribution in [0.1, 0.15) is 6.92 Å². The largest absolute Gasteiger partial charge is 0.222 e. The molecular weight excluding hydrogens is 200 g/mol. The van der Waals surface area contributed by atoms with Crippen molar-refractivity contribution in [3.05, 3.63) is 17.5 Å². The first-order chi connectivity index (χ1) is 5.05. The molecule has 1 unspecified atom stereocenters. The highest BCUT2D eigenvalue weighted by Crippen LogP contribution is 2.22. The van der Waals surface area contributed by atoms with Crippen LogP contribution in [0.3, 0.4) is 0 Å². The van der Waals surface area contributed by atoms with Gasteiger partial charge >= 0.3 is 0 Å². The van der Waals surface area contributed by atoms with Crippen LogP contribution in [0.4, 0.5) is 0 Å². The first-order valence-corrected chi connectivity index (χ1v) is 5.95. The van der Waals surface area contributed by atoms with Crippen LogP contribution in [0.25, 0.3) is 0 Å². The summed E-state index contributed by atoms with van der Waals surface area (Å²) in [6.07, 6.45) is 0. The highest BCUT2D eigenvalue weighted by Gasteiger charge is 2.20. The molecule has 1 aromatic rings. The zero-order valence-electron chi connectivity index (χ0n) is 5.89. The minimum atomic E-state index is -3.15. The summed E-state index contributed by atoms with van der Waals surface area (Å²) < 4.78 is 22.4. The lowest BCUT2D eigenvalue weighted by molar-refractivity contribution is 0.597. The monoisotopic (exact) mass is 208 g/mol. The molecule has 1 heterocycles. The Kier molecular flexibility index (Phi) is 2.61. The van der Waals surface area contributed by atoms with Gasteiger partial charge in [-0.15, -0.1) is 11.3 Å². The van der Waals surface area contributed by atoms with Crippen molar-refractivity contribution in [2.45, 2.75) is 15.7 Å². The van der Waals surface area contributed by atoms with Crippen molar-refractivity contribution in [3.63, 3.8) is 0 Å². The lowest BCUT2D eigenvalue weighted by Gasteiger charge is -2.02. The van der Waals surface area contributed by atoms with E-state index < -0.39 is 14.4 Å². The van der Waals surface area contributed by atoms with Crippen LogP contribution in [-0.4, -0.2) is 13.0 Å². The van der Waals surface area contributed by atoms with Crippen LogP contribution >= 0.6 is 24.0 Å². The topological polar surface area (TPSA) is 34.1 Å². The Bertz CT molecular complexity index is 310. The number of thiol groups is 1. The third-order valence-corrected chi connectivity index (χ3v) is 5.30. The molecule has 5 heteroatoms. The Morgan fingerprint density at radius 3 is 2.64 bits per heavy atom. The van der Waals surface area contributed by atoms with Gasteiger partial charge in [0.1, 0.15) is 8.79 Å². The van der Waals surface area contributed by atoms with Crippen molar-refractivity contribution in [3.8, 4) is 0 Å². The van der Waals surface area contributed by atoms with E-state index in [0.29, 0.717) is 4.21 Å². The lowest BCUT2D eigenvalue weighted by Crippen LogP contribution is -2.09. The fraction of sp³-hybridized carbons (Fsp3) is 0.333. The Morgan fingerprint density at radius 2 is 2.27 bits per heavy atom. The fourth-order valence-corrected chi connectivity index (χ4v) is 3.34. The normalized spacial score (nSPS) is 14.7. The van der Waals surface area contributed by atoms with Crippen molar-refractivity contribution < 1.29 is 8.42 Å². The fourth-order valence-electron chi connectivity index (χ4n) is 0.593. The molecular formula is C6H8O2S3. The molecule has 62 valence electrons. The Balaban J connectivity index is 3.12. The van der Waals surface area contributed by atoms with Crippen LogP contribution < -0.4 is 0 Å². The number of sulfone groups is 1. The number of thiophene rings is 1. The second-order valence-corrected chi connectivity index (χ2v) is 6.64. The maximum Gasteiger partial charge on any atom is 0.199 e. The molecule has 0 saturated carbocycles. The molecule has 1 aromatic heterocycles. The van der Waals surface area contributed by atoms with Gasteiger partial charge in [0, 0.05) is 0 Å². The van der Waals surface area contributed by atoms with E-state index in [1.807, 2.05) is 0 Å². The minimum absolute atomic E-state index is 0.389. The van der Waals surface area contributed by atoms with Crippen LogP contribution in [0.2, 0.25) is 0 Å². The maximum atomic E-state index is 11.3. The highest BCUT2D eigenvalue weighted by molar-refractivity contribution is 8.05. The number of hydrogen-bond donors (Lipinski definition) is 1. The predicted octanol–water partition coefficient (Wildman–Crippen LogP) is 1.80. The van der Waals surface area contributed by atoms with Crippen molar-refractivity contribution in [2.24, 2.45) is 0 Å². The van der Waals surface area contributed by atoms with E-state index in [1.165, 1.54) is 11.3 Å². The van der Waals surface area contributed by atoms with Crippen molar-refractivity contribution in [2.75, 3.05) is 0 Å². The van der Waals surface area contributed by atoms with E-state index in [1.54, 1.807) is 24.4 Å². The molecule has 0 radical (unpaired) electrons. The minimum Gasteiger partial charge on any atom is -0.222 e. The molecule has 0 aromatic carbocycles. The van der Waals surface area contributed by atoms with Gasteiger partial charge in [-0.25, -0.2) is 8.42 Å². The van der Waals surface area contributed by atoms with E-state index in [9.17, 15) is 8.42 Å². The molecule has 0 N–H and O–H groups in total. The molecule has 11 heavy (non-hydrogen) atoms. The Hall–Kier alpha value is -0.0000000000000000833. The molecule has 0 bridgehead atoms. The first-order valence-electron chi connectivity index (χ1n) is 3.00. The second kappa shape index (κ2) is 3.16. The van der Waals surface area contributed by atoms with Gasteiger partial charge in [0.25, 0.3) is 0 Å². The van der Waals surface area contributed by atoms with Gasteiger partial charge in [-0.2, -0.15) is 12.6 Å². The van der Waals surface area contributed by atoms with E-state index in [2.05, 4.69) is 12.6 Å². The van der Waals surface area contributed by atoms with E-state index in [4.69, 9.17) is 0 Å². The molecule has 1 atom stereocenters. The van der Waals surface area contributed by atoms with Gasteiger partial charge in [0.15, 0.2) is 9.84 Å². The van der Waals surface area contributed by atoms with Crippen LogP contribution in [0.5, 0.6) is 0 Å². The summed E-state index contributed by atoms with van der Waals surface area (Å²) in [7, 11) is -3.15. The van der Waals surface area contributed by atoms with Crippen LogP contribution in [-0.2, 0) is 9.84 Å². The van der Waals surface area contributed by atoms with E-state index >= 15 is 0 Å². The van der Waals surface area contributed by atoms with Crippen LogP contribution in [0, 0.1) is 0 Å². The molecule has 0 aliphatic rings. The van der Waals surface area contributed by atoms with E-state index in [-0.39, 0.29) is 0 Å². The van der Waals surface area contributed by atoms with Gasteiger partial charge in [0.05, 0.1) is 0 Å². The molecule has 2 nitrogen and oxygen atoms in total. The van der Waals surface area contributed by atoms with Gasteiger partial charge < -0.3 is 0 Å². The molecule has 0 saturated heterocycles. The smallest absolute Gasteiger partial charge is 0.199 e. The summed E-state index contributed by atoms with van der Waals surface area (Å²) in [5, 5.41) is 1.74. The van der Waals surface area contributed by atoms with Crippen molar-refractivity contribution in [1.29, 1.82) is 0 Å². The van der Waals surface area contributed by atoms with Crippen molar-refractivity contribution in [1.82, 2.24) is 0 Å². The Labute approximate surface area is 75.6 Å². The molecule has 0 aliphatic carbocycles. The van der Waals surface area contributed by atoms with Crippen molar-refractivity contribution >= 4 is 33.8 Å². The van der Waals surface area contributed by atoms with Gasteiger partial charge in [-0.1, -0.05) is 6.07 Å². The summed E-state index contributed by atoms with van der Waals surface area (Å²) >= 11 is 5.11. The summed E-state index contributed by atoms with van der Waals surface area (Å²) in [5.74, 6) is 0. The van der Waals surface area contributed by atoms with Gasteiger partial charge in [0.2, 0.25) is 0 Å². The van der Waals surface area contributed by atoms with Gasteiger partial charge in [-0.3, -0.25) is 0 Å². The Morgan fingerprint density at radius 1 is 1.64 bits per heavy atom. The highest BCUT2D eigenvalue weighted by atomic mass is 32.3. The van der Waals surface area contributed by atoms with Gasteiger partial charge in [-0.05, 0) is 18.4 Å².